The molecule has 20 heavy (non-hydrogen) atoms. The van der Waals surface area contributed by atoms with Gasteiger partial charge in [0.25, 0.3) is 0 Å². The lowest BCUT2D eigenvalue weighted by Gasteiger charge is -2.09. The molecule has 2 rings (SSSR count). The molecule has 2 aromatic heterocycles. The van der Waals surface area contributed by atoms with E-state index in [9.17, 15) is 13.2 Å². The normalized spacial score (nSPS) is 11.4. The van der Waals surface area contributed by atoms with Crippen LogP contribution >= 0.6 is 0 Å². The molecule has 0 radical (unpaired) electrons. The first-order chi connectivity index (χ1) is 9.44. The molecule has 5 nitrogen and oxygen atoms in total. The van der Waals surface area contributed by atoms with Crippen molar-refractivity contribution in [2.75, 3.05) is 11.9 Å². The van der Waals surface area contributed by atoms with Crippen molar-refractivity contribution in [1.82, 2.24) is 15.2 Å². The number of aromatic amines is 1. The third-order valence-electron chi connectivity index (χ3n) is 2.54. The summed E-state index contributed by atoms with van der Waals surface area (Å²) in [5, 5.41) is 9.79. The molecular formula is C12H13F3N4O. The van der Waals surface area contributed by atoms with Crippen molar-refractivity contribution in [3.8, 4) is 5.88 Å². The zero-order chi connectivity index (χ0) is 14.6. The van der Waals surface area contributed by atoms with Gasteiger partial charge in [-0.1, -0.05) is 0 Å². The highest BCUT2D eigenvalue weighted by Crippen LogP contribution is 2.18. The Kier molecular flexibility index (Phi) is 4.11. The van der Waals surface area contributed by atoms with Crippen molar-refractivity contribution in [2.45, 2.75) is 19.6 Å². The lowest BCUT2D eigenvalue weighted by atomic mass is 10.2. The van der Waals surface area contributed by atoms with Crippen LogP contribution in [0.25, 0.3) is 0 Å². The lowest BCUT2D eigenvalue weighted by Crippen LogP contribution is -2.19. The molecule has 108 valence electrons. The molecule has 0 unspecified atom stereocenters. The number of halogens is 3. The van der Waals surface area contributed by atoms with Gasteiger partial charge in [0, 0.05) is 23.9 Å². The number of nitrogens with zero attached hydrogens (tertiary/aromatic N) is 2. The number of ether oxygens (including phenoxy) is 1. The Morgan fingerprint density at radius 1 is 1.30 bits per heavy atom. The number of hydrogen-bond acceptors (Lipinski definition) is 4. The minimum absolute atomic E-state index is 0.0626. The summed E-state index contributed by atoms with van der Waals surface area (Å²) in [6.07, 6.45) is -1.24. The summed E-state index contributed by atoms with van der Waals surface area (Å²) in [4.78, 5) is 3.80. The number of aromatic nitrogens is 3. The molecule has 0 aromatic carbocycles. The van der Waals surface area contributed by atoms with Crippen molar-refractivity contribution in [1.29, 1.82) is 0 Å². The number of rotatable bonds is 5. The first kappa shape index (κ1) is 14.2. The van der Waals surface area contributed by atoms with Crippen LogP contribution in [0.4, 0.5) is 18.9 Å². The second-order valence-corrected chi connectivity index (χ2v) is 4.16. The van der Waals surface area contributed by atoms with E-state index in [-0.39, 0.29) is 5.88 Å². The van der Waals surface area contributed by atoms with Gasteiger partial charge in [0.15, 0.2) is 6.61 Å². The zero-order valence-electron chi connectivity index (χ0n) is 10.7. The van der Waals surface area contributed by atoms with Crippen molar-refractivity contribution < 1.29 is 17.9 Å². The molecule has 2 aromatic rings. The van der Waals surface area contributed by atoms with E-state index in [1.165, 1.54) is 12.3 Å². The van der Waals surface area contributed by atoms with Gasteiger partial charge < -0.3 is 10.1 Å². The Bertz CT molecular complexity index is 551. The van der Waals surface area contributed by atoms with Gasteiger partial charge in [-0.25, -0.2) is 4.98 Å². The molecule has 8 heteroatoms. The van der Waals surface area contributed by atoms with Gasteiger partial charge in [-0.15, -0.1) is 0 Å². The van der Waals surface area contributed by atoms with Crippen LogP contribution in [0, 0.1) is 6.92 Å². The molecule has 0 saturated carbocycles. The molecule has 0 aliphatic carbocycles. The first-order valence-corrected chi connectivity index (χ1v) is 5.82. The SMILES string of the molecule is Cc1[nH]ncc1CNc1ccc(OCC(F)(F)F)nc1. The maximum Gasteiger partial charge on any atom is 0.422 e. The summed E-state index contributed by atoms with van der Waals surface area (Å²) >= 11 is 0. The number of anilines is 1. The van der Waals surface area contributed by atoms with E-state index in [4.69, 9.17) is 0 Å². The average molecular weight is 286 g/mol. The van der Waals surface area contributed by atoms with E-state index in [1.807, 2.05) is 6.92 Å². The fourth-order valence-electron chi connectivity index (χ4n) is 1.48. The number of hydrogen-bond donors (Lipinski definition) is 2. The van der Waals surface area contributed by atoms with E-state index in [2.05, 4.69) is 25.2 Å². The van der Waals surface area contributed by atoms with E-state index in [1.54, 1.807) is 12.3 Å². The predicted octanol–water partition coefficient (Wildman–Crippen LogP) is 2.67. The van der Waals surface area contributed by atoms with Crippen LogP contribution in [-0.4, -0.2) is 28.0 Å². The van der Waals surface area contributed by atoms with Gasteiger partial charge in [-0.2, -0.15) is 18.3 Å². The van der Waals surface area contributed by atoms with Gasteiger partial charge in [-0.05, 0) is 13.0 Å². The molecule has 2 N–H and O–H groups in total. The monoisotopic (exact) mass is 286 g/mol. The molecule has 0 spiro atoms. The number of pyridine rings is 1. The second kappa shape index (κ2) is 5.81. The van der Waals surface area contributed by atoms with E-state index in [0.29, 0.717) is 12.2 Å². The summed E-state index contributed by atoms with van der Waals surface area (Å²) in [5.74, 6) is -0.0626. The third kappa shape index (κ3) is 4.15. The number of aryl methyl sites for hydroxylation is 1. The smallest absolute Gasteiger partial charge is 0.422 e. The van der Waals surface area contributed by atoms with Crippen LogP contribution in [0.2, 0.25) is 0 Å². The first-order valence-electron chi connectivity index (χ1n) is 5.82. The molecule has 0 bridgehead atoms. The standard InChI is InChI=1S/C12H13F3N4O/c1-8-9(5-18-19-8)4-16-10-2-3-11(17-6-10)20-7-12(13,14)15/h2-3,5-6,16H,4,7H2,1H3,(H,18,19). The van der Waals surface area contributed by atoms with Crippen LogP contribution in [0.5, 0.6) is 5.88 Å². The number of alkyl halides is 3. The van der Waals surface area contributed by atoms with Crippen LogP contribution in [-0.2, 0) is 6.54 Å². The van der Waals surface area contributed by atoms with Crippen LogP contribution in [0.3, 0.4) is 0 Å². The number of H-pyrrole nitrogens is 1. The van der Waals surface area contributed by atoms with Crippen molar-refractivity contribution >= 4 is 5.69 Å². The minimum atomic E-state index is -4.36. The fourth-order valence-corrected chi connectivity index (χ4v) is 1.48. The minimum Gasteiger partial charge on any atom is -0.468 e. The van der Waals surface area contributed by atoms with Crippen molar-refractivity contribution in [2.24, 2.45) is 0 Å². The predicted molar refractivity (Wildman–Crippen MR) is 66.4 cm³/mol. The Morgan fingerprint density at radius 2 is 2.10 bits per heavy atom. The van der Waals surface area contributed by atoms with Crippen LogP contribution in [0.1, 0.15) is 11.3 Å². The largest absolute Gasteiger partial charge is 0.468 e. The van der Waals surface area contributed by atoms with Gasteiger partial charge >= 0.3 is 6.18 Å². The molecule has 0 fully saturated rings. The summed E-state index contributed by atoms with van der Waals surface area (Å²) < 4.78 is 40.4. The van der Waals surface area contributed by atoms with Gasteiger partial charge in [0.2, 0.25) is 5.88 Å². The Labute approximate surface area is 113 Å². The Hall–Kier alpha value is -2.25. The molecule has 2 heterocycles. The molecule has 0 amide bonds. The van der Waals surface area contributed by atoms with E-state index in [0.717, 1.165) is 11.3 Å². The highest BCUT2D eigenvalue weighted by molar-refractivity contribution is 5.42. The second-order valence-electron chi connectivity index (χ2n) is 4.16. The van der Waals surface area contributed by atoms with Crippen LogP contribution in [0.15, 0.2) is 24.5 Å². The topological polar surface area (TPSA) is 62.8 Å². The van der Waals surface area contributed by atoms with Gasteiger partial charge in [-0.3, -0.25) is 5.10 Å². The van der Waals surface area contributed by atoms with E-state index >= 15 is 0 Å². The molecule has 0 saturated heterocycles. The average Bonchev–Trinajstić information content (AvgIpc) is 2.80. The molecular weight excluding hydrogens is 273 g/mol. The summed E-state index contributed by atoms with van der Waals surface area (Å²) in [5.41, 5.74) is 2.64. The zero-order valence-corrected chi connectivity index (χ0v) is 10.7. The van der Waals surface area contributed by atoms with Crippen molar-refractivity contribution in [3.63, 3.8) is 0 Å². The van der Waals surface area contributed by atoms with Gasteiger partial charge in [0.05, 0.1) is 18.1 Å². The molecule has 0 atom stereocenters. The molecule has 0 aliphatic heterocycles. The summed E-state index contributed by atoms with van der Waals surface area (Å²) in [6.45, 7) is 1.10. The van der Waals surface area contributed by atoms with E-state index < -0.39 is 12.8 Å². The number of nitrogens with one attached hydrogen (secondary N) is 2. The molecule has 0 aliphatic rings. The van der Waals surface area contributed by atoms with Gasteiger partial charge in [0.1, 0.15) is 0 Å². The summed E-state index contributed by atoms with van der Waals surface area (Å²) in [6, 6.07) is 2.99. The third-order valence-corrected chi connectivity index (χ3v) is 2.54. The quantitative estimate of drug-likeness (QED) is 0.887. The van der Waals surface area contributed by atoms with Crippen molar-refractivity contribution in [3.05, 3.63) is 35.8 Å². The highest BCUT2D eigenvalue weighted by Gasteiger charge is 2.28. The maximum atomic E-state index is 12.0. The van der Waals surface area contributed by atoms with Crippen LogP contribution < -0.4 is 10.1 Å². The maximum absolute atomic E-state index is 12.0. The summed E-state index contributed by atoms with van der Waals surface area (Å²) in [7, 11) is 0. The Balaban J connectivity index is 1.87. The fraction of sp³-hybridized carbons (Fsp3) is 0.333. The Morgan fingerprint density at radius 3 is 2.65 bits per heavy atom. The highest BCUT2D eigenvalue weighted by atomic mass is 19.4. The lowest BCUT2D eigenvalue weighted by molar-refractivity contribution is -0.154.